The SMILES string of the molecule is COCC(O)CN(C)Cc1sc(-c2ccccc2)nc1C. The van der Waals surface area contributed by atoms with Crippen molar-refractivity contribution in [2.75, 3.05) is 27.3 Å². The van der Waals surface area contributed by atoms with Gasteiger partial charge >= 0.3 is 0 Å². The van der Waals surface area contributed by atoms with Gasteiger partial charge in [-0.2, -0.15) is 0 Å². The van der Waals surface area contributed by atoms with Crippen molar-refractivity contribution in [2.24, 2.45) is 0 Å². The second-order valence-corrected chi connectivity index (χ2v) is 6.28. The van der Waals surface area contributed by atoms with Gasteiger partial charge in [-0.1, -0.05) is 30.3 Å². The van der Waals surface area contributed by atoms with Crippen LogP contribution in [0, 0.1) is 6.92 Å². The number of aliphatic hydroxyl groups excluding tert-OH is 1. The number of hydrogen-bond donors (Lipinski definition) is 1. The number of aryl methyl sites for hydroxylation is 1. The van der Waals surface area contributed by atoms with Crippen molar-refractivity contribution in [1.82, 2.24) is 9.88 Å². The van der Waals surface area contributed by atoms with Crippen LogP contribution in [0.2, 0.25) is 0 Å². The lowest BCUT2D eigenvalue weighted by Crippen LogP contribution is -2.31. The van der Waals surface area contributed by atoms with E-state index in [9.17, 15) is 5.11 Å². The molecular weight excluding hydrogens is 284 g/mol. The van der Waals surface area contributed by atoms with Gasteiger partial charge in [-0.3, -0.25) is 4.90 Å². The number of aliphatic hydroxyl groups is 1. The molecule has 1 heterocycles. The van der Waals surface area contributed by atoms with E-state index in [1.807, 2.05) is 32.2 Å². The molecule has 0 saturated heterocycles. The zero-order valence-corrected chi connectivity index (χ0v) is 13.6. The Bertz CT molecular complexity index is 557. The molecule has 114 valence electrons. The number of thiazole rings is 1. The Morgan fingerprint density at radius 3 is 2.71 bits per heavy atom. The van der Waals surface area contributed by atoms with Crippen molar-refractivity contribution < 1.29 is 9.84 Å². The van der Waals surface area contributed by atoms with Gasteiger partial charge in [0.15, 0.2) is 0 Å². The van der Waals surface area contributed by atoms with Crippen LogP contribution in [0.4, 0.5) is 0 Å². The minimum atomic E-state index is -0.457. The molecule has 0 spiro atoms. The maximum atomic E-state index is 9.77. The summed E-state index contributed by atoms with van der Waals surface area (Å²) < 4.78 is 4.95. The number of ether oxygens (including phenoxy) is 1. The number of benzene rings is 1. The summed E-state index contributed by atoms with van der Waals surface area (Å²) in [6, 6.07) is 10.2. The Morgan fingerprint density at radius 2 is 2.05 bits per heavy atom. The van der Waals surface area contributed by atoms with Crippen LogP contribution < -0.4 is 0 Å². The third-order valence-electron chi connectivity index (χ3n) is 3.21. The molecule has 1 N–H and O–H groups in total. The number of likely N-dealkylation sites (N-methyl/N-ethyl adjacent to an activating group) is 1. The van der Waals surface area contributed by atoms with Gasteiger partial charge in [0, 0.05) is 30.6 Å². The van der Waals surface area contributed by atoms with Gasteiger partial charge in [0.2, 0.25) is 0 Å². The van der Waals surface area contributed by atoms with E-state index in [2.05, 4.69) is 22.0 Å². The summed E-state index contributed by atoms with van der Waals surface area (Å²) in [4.78, 5) is 7.99. The largest absolute Gasteiger partial charge is 0.389 e. The maximum absolute atomic E-state index is 9.77. The molecule has 0 aliphatic rings. The van der Waals surface area contributed by atoms with E-state index in [1.165, 1.54) is 4.88 Å². The van der Waals surface area contributed by atoms with Gasteiger partial charge in [-0.25, -0.2) is 4.98 Å². The first kappa shape index (κ1) is 16.1. The first-order valence-electron chi connectivity index (χ1n) is 6.97. The lowest BCUT2D eigenvalue weighted by molar-refractivity contribution is 0.0420. The summed E-state index contributed by atoms with van der Waals surface area (Å²) in [6.45, 7) is 3.78. The topological polar surface area (TPSA) is 45.6 Å². The van der Waals surface area contributed by atoms with Crippen LogP contribution >= 0.6 is 11.3 Å². The third kappa shape index (κ3) is 4.61. The maximum Gasteiger partial charge on any atom is 0.123 e. The highest BCUT2D eigenvalue weighted by Gasteiger charge is 2.13. The van der Waals surface area contributed by atoms with Crippen LogP contribution in [0.5, 0.6) is 0 Å². The summed E-state index contributed by atoms with van der Waals surface area (Å²) >= 11 is 1.72. The highest BCUT2D eigenvalue weighted by atomic mass is 32.1. The first-order valence-corrected chi connectivity index (χ1v) is 7.79. The molecule has 1 aromatic carbocycles. The quantitative estimate of drug-likeness (QED) is 0.854. The molecule has 0 fully saturated rings. The Hall–Kier alpha value is -1.27. The molecule has 1 atom stereocenters. The van der Waals surface area contributed by atoms with Gasteiger partial charge in [0.25, 0.3) is 0 Å². The summed E-state index contributed by atoms with van der Waals surface area (Å²) in [5.41, 5.74) is 2.21. The number of hydrogen-bond acceptors (Lipinski definition) is 5. The molecule has 1 unspecified atom stereocenters. The molecule has 0 saturated carbocycles. The fourth-order valence-corrected chi connectivity index (χ4v) is 3.34. The molecule has 5 heteroatoms. The Labute approximate surface area is 130 Å². The highest BCUT2D eigenvalue weighted by Crippen LogP contribution is 2.28. The first-order chi connectivity index (χ1) is 10.1. The third-order valence-corrected chi connectivity index (χ3v) is 4.40. The van der Waals surface area contributed by atoms with Gasteiger partial charge in [0.1, 0.15) is 5.01 Å². The van der Waals surface area contributed by atoms with Crippen molar-refractivity contribution in [2.45, 2.75) is 19.6 Å². The van der Waals surface area contributed by atoms with Crippen molar-refractivity contribution in [3.63, 3.8) is 0 Å². The van der Waals surface area contributed by atoms with Gasteiger partial charge in [-0.15, -0.1) is 11.3 Å². The number of rotatable bonds is 7. The number of nitrogens with zero attached hydrogens (tertiary/aromatic N) is 2. The predicted molar refractivity (Wildman–Crippen MR) is 86.5 cm³/mol. The molecule has 2 aromatic rings. The van der Waals surface area contributed by atoms with E-state index in [-0.39, 0.29) is 0 Å². The average Bonchev–Trinajstić information content (AvgIpc) is 2.81. The molecule has 4 nitrogen and oxygen atoms in total. The molecule has 0 radical (unpaired) electrons. The predicted octanol–water partition coefficient (Wildman–Crippen LogP) is 2.56. The van der Waals surface area contributed by atoms with Gasteiger partial charge in [0.05, 0.1) is 18.4 Å². The van der Waals surface area contributed by atoms with E-state index in [1.54, 1.807) is 18.4 Å². The minimum absolute atomic E-state index is 0.362. The molecule has 0 aliphatic heterocycles. The molecule has 0 amide bonds. The average molecular weight is 306 g/mol. The molecule has 0 bridgehead atoms. The van der Waals surface area contributed by atoms with E-state index in [0.717, 1.165) is 22.8 Å². The second-order valence-electron chi connectivity index (χ2n) is 5.20. The molecule has 1 aromatic heterocycles. The van der Waals surface area contributed by atoms with Crippen molar-refractivity contribution in [3.8, 4) is 10.6 Å². The lowest BCUT2D eigenvalue weighted by Gasteiger charge is -2.19. The normalized spacial score (nSPS) is 12.8. The lowest BCUT2D eigenvalue weighted by atomic mass is 10.2. The second kappa shape index (κ2) is 7.66. The van der Waals surface area contributed by atoms with Crippen LogP contribution in [0.1, 0.15) is 10.6 Å². The number of methoxy groups -OCH3 is 1. The van der Waals surface area contributed by atoms with Crippen LogP contribution in [0.25, 0.3) is 10.6 Å². The Balaban J connectivity index is 2.03. The summed E-state index contributed by atoms with van der Waals surface area (Å²) in [7, 11) is 3.60. The van der Waals surface area contributed by atoms with Crippen LogP contribution in [0.3, 0.4) is 0 Å². The smallest absolute Gasteiger partial charge is 0.123 e. The van der Waals surface area contributed by atoms with E-state index >= 15 is 0 Å². The van der Waals surface area contributed by atoms with E-state index < -0.39 is 6.10 Å². The van der Waals surface area contributed by atoms with Crippen molar-refractivity contribution >= 4 is 11.3 Å². The molecule has 0 aliphatic carbocycles. The van der Waals surface area contributed by atoms with E-state index in [0.29, 0.717) is 13.2 Å². The van der Waals surface area contributed by atoms with Gasteiger partial charge in [-0.05, 0) is 14.0 Å². The minimum Gasteiger partial charge on any atom is -0.389 e. The fourth-order valence-electron chi connectivity index (χ4n) is 2.19. The van der Waals surface area contributed by atoms with Crippen molar-refractivity contribution in [3.05, 3.63) is 40.9 Å². The Kier molecular flexibility index (Phi) is 5.87. The Morgan fingerprint density at radius 1 is 1.33 bits per heavy atom. The van der Waals surface area contributed by atoms with Crippen LogP contribution in [-0.2, 0) is 11.3 Å². The van der Waals surface area contributed by atoms with E-state index in [4.69, 9.17) is 4.74 Å². The molecular formula is C16H22N2O2S. The standard InChI is InChI=1S/C16H22N2O2S/c1-12-15(10-18(2)9-14(19)11-20-3)21-16(17-12)13-7-5-4-6-8-13/h4-8,14,19H,9-11H2,1-3H3. The monoisotopic (exact) mass is 306 g/mol. The summed E-state index contributed by atoms with van der Waals surface area (Å²) in [6.07, 6.45) is -0.457. The van der Waals surface area contributed by atoms with Crippen LogP contribution in [-0.4, -0.2) is 48.4 Å². The highest BCUT2D eigenvalue weighted by molar-refractivity contribution is 7.15. The summed E-state index contributed by atoms with van der Waals surface area (Å²) in [5, 5.41) is 10.8. The molecule has 21 heavy (non-hydrogen) atoms. The fraction of sp³-hybridized carbons (Fsp3) is 0.438. The molecule has 2 rings (SSSR count). The summed E-state index contributed by atoms with van der Waals surface area (Å²) in [5.74, 6) is 0. The van der Waals surface area contributed by atoms with Crippen LogP contribution in [0.15, 0.2) is 30.3 Å². The number of aromatic nitrogens is 1. The zero-order valence-electron chi connectivity index (χ0n) is 12.7. The van der Waals surface area contributed by atoms with Gasteiger partial charge < -0.3 is 9.84 Å². The zero-order chi connectivity index (χ0) is 15.2. The van der Waals surface area contributed by atoms with Crippen molar-refractivity contribution in [1.29, 1.82) is 0 Å².